The highest BCUT2D eigenvalue weighted by Crippen LogP contribution is 2.21. The van der Waals surface area contributed by atoms with Gasteiger partial charge in [-0.05, 0) is 18.1 Å². The molecule has 0 aliphatic carbocycles. The third kappa shape index (κ3) is 3.43. The Morgan fingerprint density at radius 2 is 2.18 bits per heavy atom. The van der Waals surface area contributed by atoms with Gasteiger partial charge in [0.15, 0.2) is 4.47 Å². The van der Waals surface area contributed by atoms with Crippen molar-refractivity contribution in [1.82, 2.24) is 4.98 Å². The van der Waals surface area contributed by atoms with Crippen LogP contribution in [0.2, 0.25) is 4.47 Å². The fourth-order valence-corrected chi connectivity index (χ4v) is 2.50. The molecule has 3 nitrogen and oxygen atoms in total. The third-order valence-corrected chi connectivity index (χ3v) is 3.49. The highest BCUT2D eigenvalue weighted by atomic mass is 35.5. The number of hydrogen-bond donors (Lipinski definition) is 2. The number of aliphatic hydroxyl groups excluding tert-OH is 1. The van der Waals surface area contributed by atoms with Crippen LogP contribution in [0.15, 0.2) is 30.5 Å². The summed E-state index contributed by atoms with van der Waals surface area (Å²) in [5.74, 6) is 0. The average molecular weight is 269 g/mol. The lowest BCUT2D eigenvalue weighted by Gasteiger charge is -2.09. The number of anilines is 1. The molecular formula is C12H13ClN2OS. The molecule has 1 aromatic carbocycles. The van der Waals surface area contributed by atoms with Crippen LogP contribution in [0.4, 0.5) is 5.69 Å². The molecule has 1 heterocycles. The highest BCUT2D eigenvalue weighted by molar-refractivity contribution is 7.15. The van der Waals surface area contributed by atoms with Crippen molar-refractivity contribution in [2.75, 3.05) is 11.9 Å². The van der Waals surface area contributed by atoms with Gasteiger partial charge in [-0.15, -0.1) is 11.3 Å². The standard InChI is InChI=1S/C12H13ClN2OS/c13-12-15-8-10(17-12)7-14-11-4-2-1-3-9(11)5-6-16/h1-4,8,14,16H,5-7H2. The van der Waals surface area contributed by atoms with Crippen molar-refractivity contribution in [1.29, 1.82) is 0 Å². The molecule has 5 heteroatoms. The van der Waals surface area contributed by atoms with Crippen LogP contribution in [0, 0.1) is 0 Å². The van der Waals surface area contributed by atoms with Crippen LogP contribution in [0.1, 0.15) is 10.4 Å². The van der Waals surface area contributed by atoms with Crippen LogP contribution < -0.4 is 5.32 Å². The first-order valence-corrected chi connectivity index (χ1v) is 6.52. The lowest BCUT2D eigenvalue weighted by Crippen LogP contribution is -2.02. The molecule has 2 aromatic rings. The summed E-state index contributed by atoms with van der Waals surface area (Å²) in [6, 6.07) is 7.97. The molecule has 0 radical (unpaired) electrons. The third-order valence-electron chi connectivity index (χ3n) is 2.38. The molecule has 0 aliphatic rings. The summed E-state index contributed by atoms with van der Waals surface area (Å²) in [5.41, 5.74) is 2.16. The molecule has 0 fully saturated rings. The second kappa shape index (κ2) is 6.00. The minimum absolute atomic E-state index is 0.158. The maximum absolute atomic E-state index is 8.98. The van der Waals surface area contributed by atoms with Gasteiger partial charge in [0.05, 0.1) is 6.54 Å². The van der Waals surface area contributed by atoms with Crippen molar-refractivity contribution < 1.29 is 5.11 Å². The van der Waals surface area contributed by atoms with E-state index in [1.54, 1.807) is 6.20 Å². The first kappa shape index (κ1) is 12.4. The number of aliphatic hydroxyl groups is 1. The molecular weight excluding hydrogens is 256 g/mol. The van der Waals surface area contributed by atoms with Gasteiger partial charge in [-0.1, -0.05) is 29.8 Å². The van der Waals surface area contributed by atoms with E-state index in [9.17, 15) is 0 Å². The van der Waals surface area contributed by atoms with E-state index in [2.05, 4.69) is 10.3 Å². The Kier molecular flexibility index (Phi) is 4.36. The zero-order valence-corrected chi connectivity index (χ0v) is 10.8. The zero-order chi connectivity index (χ0) is 12.1. The van der Waals surface area contributed by atoms with Crippen LogP contribution in [-0.4, -0.2) is 16.7 Å². The summed E-state index contributed by atoms with van der Waals surface area (Å²) in [4.78, 5) is 5.08. The Morgan fingerprint density at radius 1 is 1.35 bits per heavy atom. The number of nitrogens with one attached hydrogen (secondary N) is 1. The van der Waals surface area contributed by atoms with Gasteiger partial charge < -0.3 is 10.4 Å². The average Bonchev–Trinajstić information content (AvgIpc) is 2.74. The highest BCUT2D eigenvalue weighted by Gasteiger charge is 2.03. The number of thiazole rings is 1. The van der Waals surface area contributed by atoms with E-state index in [1.165, 1.54) is 11.3 Å². The number of benzene rings is 1. The minimum atomic E-state index is 0.158. The summed E-state index contributed by atoms with van der Waals surface area (Å²) in [6.07, 6.45) is 2.43. The van der Waals surface area contributed by atoms with Crippen molar-refractivity contribution in [3.63, 3.8) is 0 Å². The summed E-state index contributed by atoms with van der Waals surface area (Å²) in [5, 5.41) is 12.3. The molecule has 17 heavy (non-hydrogen) atoms. The monoisotopic (exact) mass is 268 g/mol. The number of rotatable bonds is 5. The van der Waals surface area contributed by atoms with Crippen molar-refractivity contribution >= 4 is 28.6 Å². The van der Waals surface area contributed by atoms with Crippen LogP contribution in [0.25, 0.3) is 0 Å². The van der Waals surface area contributed by atoms with Gasteiger partial charge in [-0.25, -0.2) is 4.98 Å². The van der Waals surface area contributed by atoms with Crippen molar-refractivity contribution in [3.05, 3.63) is 45.4 Å². The van der Waals surface area contributed by atoms with Crippen LogP contribution in [0.5, 0.6) is 0 Å². The zero-order valence-electron chi connectivity index (χ0n) is 9.19. The van der Waals surface area contributed by atoms with E-state index >= 15 is 0 Å². The van der Waals surface area contributed by atoms with Gasteiger partial charge in [0.25, 0.3) is 0 Å². The summed E-state index contributed by atoms with van der Waals surface area (Å²) >= 11 is 7.24. The van der Waals surface area contributed by atoms with Gasteiger partial charge in [0.2, 0.25) is 0 Å². The summed E-state index contributed by atoms with van der Waals surface area (Å²) < 4.78 is 0.561. The smallest absolute Gasteiger partial charge is 0.183 e. The quantitative estimate of drug-likeness (QED) is 0.876. The summed E-state index contributed by atoms with van der Waals surface area (Å²) in [6.45, 7) is 0.859. The van der Waals surface area contributed by atoms with Gasteiger partial charge >= 0.3 is 0 Å². The predicted octanol–water partition coefficient (Wildman–Crippen LogP) is 2.94. The van der Waals surface area contributed by atoms with Gasteiger partial charge in [0, 0.05) is 23.4 Å². The second-order valence-electron chi connectivity index (χ2n) is 3.56. The molecule has 90 valence electrons. The maximum atomic E-state index is 8.98. The fraction of sp³-hybridized carbons (Fsp3) is 0.250. The topological polar surface area (TPSA) is 45.1 Å². The second-order valence-corrected chi connectivity index (χ2v) is 5.26. The molecule has 1 aromatic heterocycles. The Bertz CT molecular complexity index is 487. The van der Waals surface area contributed by atoms with E-state index in [4.69, 9.17) is 16.7 Å². The number of nitrogens with zero attached hydrogens (tertiary/aromatic N) is 1. The van der Waals surface area contributed by atoms with Gasteiger partial charge in [-0.2, -0.15) is 0 Å². The Balaban J connectivity index is 2.03. The molecule has 2 rings (SSSR count). The van der Waals surface area contributed by atoms with E-state index in [0.717, 1.165) is 16.1 Å². The number of halogens is 1. The molecule has 0 saturated carbocycles. The van der Waals surface area contributed by atoms with E-state index in [1.807, 2.05) is 24.3 Å². The van der Waals surface area contributed by atoms with E-state index in [0.29, 0.717) is 17.4 Å². The number of aromatic nitrogens is 1. The normalized spacial score (nSPS) is 10.5. The van der Waals surface area contributed by atoms with Crippen molar-refractivity contribution in [3.8, 4) is 0 Å². The van der Waals surface area contributed by atoms with Crippen molar-refractivity contribution in [2.24, 2.45) is 0 Å². The van der Waals surface area contributed by atoms with Gasteiger partial charge in [-0.3, -0.25) is 0 Å². The minimum Gasteiger partial charge on any atom is -0.396 e. The Hall–Kier alpha value is -1.10. The van der Waals surface area contributed by atoms with E-state index < -0.39 is 0 Å². The maximum Gasteiger partial charge on any atom is 0.183 e. The number of para-hydroxylation sites is 1. The first-order valence-electron chi connectivity index (χ1n) is 5.32. The van der Waals surface area contributed by atoms with Gasteiger partial charge in [0.1, 0.15) is 0 Å². The Morgan fingerprint density at radius 3 is 2.88 bits per heavy atom. The van der Waals surface area contributed by atoms with Crippen LogP contribution in [-0.2, 0) is 13.0 Å². The van der Waals surface area contributed by atoms with Crippen molar-refractivity contribution in [2.45, 2.75) is 13.0 Å². The molecule has 0 unspecified atom stereocenters. The molecule has 0 bridgehead atoms. The lowest BCUT2D eigenvalue weighted by atomic mass is 10.1. The van der Waals surface area contributed by atoms with Crippen LogP contribution in [0.3, 0.4) is 0 Å². The summed E-state index contributed by atoms with van der Waals surface area (Å²) in [7, 11) is 0. The largest absolute Gasteiger partial charge is 0.396 e. The first-order chi connectivity index (χ1) is 8.29. The number of hydrogen-bond acceptors (Lipinski definition) is 4. The molecule has 2 N–H and O–H groups in total. The fourth-order valence-electron chi connectivity index (χ4n) is 1.58. The molecule has 0 amide bonds. The predicted molar refractivity (Wildman–Crippen MR) is 71.7 cm³/mol. The molecule has 0 aliphatic heterocycles. The SMILES string of the molecule is OCCc1ccccc1NCc1cnc(Cl)s1. The Labute approximate surface area is 109 Å². The van der Waals surface area contributed by atoms with E-state index in [-0.39, 0.29) is 6.61 Å². The van der Waals surface area contributed by atoms with Crippen LogP contribution >= 0.6 is 22.9 Å². The molecule has 0 atom stereocenters. The molecule has 0 saturated heterocycles. The molecule has 0 spiro atoms. The lowest BCUT2D eigenvalue weighted by molar-refractivity contribution is 0.300.